The van der Waals surface area contributed by atoms with E-state index in [1.807, 2.05) is 6.08 Å². The largest absolute Gasteiger partial charge is 0.462 e. The highest BCUT2D eigenvalue weighted by Crippen LogP contribution is 2.16. The lowest BCUT2D eigenvalue weighted by Crippen LogP contribution is -2.46. The second-order valence-corrected chi connectivity index (χ2v) is 16.2. The van der Waals surface area contributed by atoms with Gasteiger partial charge in [-0.15, -0.1) is 0 Å². The lowest BCUT2D eigenvalue weighted by molar-refractivity contribution is -0.150. The first kappa shape index (κ1) is 53.1. The van der Waals surface area contributed by atoms with Gasteiger partial charge in [0.05, 0.1) is 25.2 Å². The maximum atomic E-state index is 13.1. The Morgan fingerprint density at radius 3 is 1.44 bits per heavy atom. The van der Waals surface area contributed by atoms with E-state index in [0.29, 0.717) is 19.3 Å². The first-order chi connectivity index (χ1) is 27.0. The van der Waals surface area contributed by atoms with E-state index in [1.54, 1.807) is 0 Å². The van der Waals surface area contributed by atoms with Gasteiger partial charge < -0.3 is 20.3 Å². The van der Waals surface area contributed by atoms with E-state index >= 15 is 0 Å². The van der Waals surface area contributed by atoms with Crippen LogP contribution < -0.4 is 5.32 Å². The van der Waals surface area contributed by atoms with Gasteiger partial charge in [0.25, 0.3) is 0 Å². The molecule has 6 heteroatoms. The molecule has 3 atom stereocenters. The van der Waals surface area contributed by atoms with Gasteiger partial charge in [-0.2, -0.15) is 0 Å². The number of ether oxygens (including phenoxy) is 1. The topological polar surface area (TPSA) is 95.9 Å². The second kappa shape index (κ2) is 43.2. The third-order valence-electron chi connectivity index (χ3n) is 10.7. The van der Waals surface area contributed by atoms with Crippen molar-refractivity contribution >= 4 is 11.9 Å². The van der Waals surface area contributed by atoms with Crippen molar-refractivity contribution in [3.05, 3.63) is 36.5 Å². The Hall–Kier alpha value is -1.92. The number of hydrogen-bond acceptors (Lipinski definition) is 5. The summed E-state index contributed by atoms with van der Waals surface area (Å²) in [5.41, 5.74) is 0. The van der Waals surface area contributed by atoms with Gasteiger partial charge in [-0.1, -0.05) is 198 Å². The Kier molecular flexibility index (Phi) is 41.7. The number of rotatable bonds is 42. The van der Waals surface area contributed by atoms with Crippen molar-refractivity contribution in [1.29, 1.82) is 0 Å². The fourth-order valence-corrected chi connectivity index (χ4v) is 7.07. The molecule has 0 radical (unpaired) electrons. The summed E-state index contributed by atoms with van der Waals surface area (Å²) in [6.07, 6.45) is 49.3. The summed E-state index contributed by atoms with van der Waals surface area (Å²) in [7, 11) is 0. The Labute approximate surface area is 341 Å². The standard InChI is InChI=1S/C49H91NO5/c1-4-7-10-13-16-19-22-24-27-30-33-36-39-42-49(54)55-45(40-37-34-31-28-25-21-18-15-12-9-6-3)43-48(53)50-46(44-51)47(52)41-38-35-32-29-26-23-20-17-14-11-8-5-2/h24,27-28,31,33,36,45-47,51-52H,4-23,25-26,29-30,32,34-35,37-44H2,1-3H3,(H,50,53)/b27-24-,31-28-,36-33+. The van der Waals surface area contributed by atoms with Crippen molar-refractivity contribution in [2.75, 3.05) is 6.61 Å². The predicted molar refractivity (Wildman–Crippen MR) is 236 cm³/mol. The van der Waals surface area contributed by atoms with Gasteiger partial charge in [0.2, 0.25) is 5.91 Å². The van der Waals surface area contributed by atoms with Gasteiger partial charge in [0.1, 0.15) is 6.10 Å². The maximum absolute atomic E-state index is 13.1. The lowest BCUT2D eigenvalue weighted by Gasteiger charge is -2.24. The van der Waals surface area contributed by atoms with Crippen LogP contribution in [0, 0.1) is 0 Å². The number of unbranched alkanes of at least 4 members (excludes halogenated alkanes) is 24. The van der Waals surface area contributed by atoms with Gasteiger partial charge in [0.15, 0.2) is 0 Å². The molecule has 0 spiro atoms. The van der Waals surface area contributed by atoms with Crippen LogP contribution in [0.4, 0.5) is 0 Å². The van der Waals surface area contributed by atoms with Crippen LogP contribution in [0.5, 0.6) is 0 Å². The van der Waals surface area contributed by atoms with Crippen LogP contribution in [-0.4, -0.2) is 46.9 Å². The summed E-state index contributed by atoms with van der Waals surface area (Å²) >= 11 is 0. The van der Waals surface area contributed by atoms with E-state index in [-0.39, 0.29) is 31.3 Å². The summed E-state index contributed by atoms with van der Waals surface area (Å²) in [5, 5.41) is 23.6. The Morgan fingerprint density at radius 1 is 0.527 bits per heavy atom. The molecule has 0 aliphatic heterocycles. The van der Waals surface area contributed by atoms with Crippen LogP contribution >= 0.6 is 0 Å². The molecule has 0 aliphatic rings. The number of carbonyl (C=O) groups excluding carboxylic acids is 2. The summed E-state index contributed by atoms with van der Waals surface area (Å²) in [5.74, 6) is -0.581. The highest BCUT2D eigenvalue weighted by atomic mass is 16.5. The maximum Gasteiger partial charge on any atom is 0.306 e. The number of carbonyl (C=O) groups is 2. The highest BCUT2D eigenvalue weighted by molar-refractivity contribution is 5.77. The van der Waals surface area contributed by atoms with Gasteiger partial charge in [-0.3, -0.25) is 9.59 Å². The number of allylic oxidation sites excluding steroid dienone is 6. The summed E-state index contributed by atoms with van der Waals surface area (Å²) in [6.45, 7) is 6.43. The molecule has 6 nitrogen and oxygen atoms in total. The van der Waals surface area contributed by atoms with Crippen molar-refractivity contribution in [1.82, 2.24) is 5.32 Å². The number of aliphatic hydroxyl groups excluding tert-OH is 2. The zero-order valence-corrected chi connectivity index (χ0v) is 36.6. The quantitative estimate of drug-likeness (QED) is 0.0326. The van der Waals surface area contributed by atoms with Crippen LogP contribution in [0.1, 0.15) is 239 Å². The van der Waals surface area contributed by atoms with Crippen LogP contribution in [0.25, 0.3) is 0 Å². The highest BCUT2D eigenvalue weighted by Gasteiger charge is 2.23. The molecule has 0 aromatic carbocycles. The van der Waals surface area contributed by atoms with E-state index < -0.39 is 18.2 Å². The zero-order chi connectivity index (χ0) is 40.3. The lowest BCUT2D eigenvalue weighted by atomic mass is 10.0. The first-order valence-corrected chi connectivity index (χ1v) is 23.7. The Bertz CT molecular complexity index is 915. The van der Waals surface area contributed by atoms with E-state index in [1.165, 1.54) is 135 Å². The minimum atomic E-state index is -0.799. The summed E-state index contributed by atoms with van der Waals surface area (Å²) in [4.78, 5) is 25.9. The molecule has 3 N–H and O–H groups in total. The zero-order valence-electron chi connectivity index (χ0n) is 36.6. The second-order valence-electron chi connectivity index (χ2n) is 16.2. The van der Waals surface area contributed by atoms with Crippen LogP contribution in [0.2, 0.25) is 0 Å². The number of esters is 1. The van der Waals surface area contributed by atoms with Crippen molar-refractivity contribution in [2.24, 2.45) is 0 Å². The van der Waals surface area contributed by atoms with Gasteiger partial charge >= 0.3 is 5.97 Å². The Balaban J connectivity index is 4.66. The molecule has 0 aromatic rings. The average molecular weight is 774 g/mol. The van der Waals surface area contributed by atoms with Gasteiger partial charge in [-0.25, -0.2) is 0 Å². The van der Waals surface area contributed by atoms with Crippen molar-refractivity contribution in [3.8, 4) is 0 Å². The molecule has 322 valence electrons. The van der Waals surface area contributed by atoms with Crippen molar-refractivity contribution in [2.45, 2.75) is 257 Å². The molecule has 55 heavy (non-hydrogen) atoms. The van der Waals surface area contributed by atoms with Crippen LogP contribution in [-0.2, 0) is 14.3 Å². The van der Waals surface area contributed by atoms with E-state index in [2.05, 4.69) is 56.5 Å². The fourth-order valence-electron chi connectivity index (χ4n) is 7.07. The molecular formula is C49H91NO5. The van der Waals surface area contributed by atoms with Gasteiger partial charge in [0, 0.05) is 6.42 Å². The molecule has 0 aliphatic carbocycles. The molecule has 0 fully saturated rings. The molecule has 1 amide bonds. The smallest absolute Gasteiger partial charge is 0.306 e. The SMILES string of the molecule is CCCCCCCC/C=C\C/C=C/CCC(=O)OC(CCC/C=C\CCCCCCCC)CC(=O)NC(CO)C(O)CCCCCCCCCCCCCC. The third kappa shape index (κ3) is 38.7. The monoisotopic (exact) mass is 774 g/mol. The Morgan fingerprint density at radius 2 is 0.945 bits per heavy atom. The number of amides is 1. The molecule has 0 bridgehead atoms. The van der Waals surface area contributed by atoms with E-state index in [0.717, 1.165) is 51.4 Å². The predicted octanol–water partition coefficient (Wildman–Crippen LogP) is 13.7. The minimum absolute atomic E-state index is 0.0360. The van der Waals surface area contributed by atoms with Crippen molar-refractivity contribution < 1.29 is 24.5 Å². The molecule has 0 saturated heterocycles. The summed E-state index contributed by atoms with van der Waals surface area (Å²) < 4.78 is 5.85. The molecule has 3 unspecified atom stereocenters. The normalized spacial score (nSPS) is 13.6. The number of nitrogens with one attached hydrogen (secondary N) is 1. The molecule has 0 heterocycles. The van der Waals surface area contributed by atoms with Crippen LogP contribution in [0.15, 0.2) is 36.5 Å². The van der Waals surface area contributed by atoms with Gasteiger partial charge in [-0.05, 0) is 64.2 Å². The molecule has 0 aromatic heterocycles. The number of aliphatic hydroxyl groups is 2. The van der Waals surface area contributed by atoms with E-state index in [9.17, 15) is 19.8 Å². The summed E-state index contributed by atoms with van der Waals surface area (Å²) in [6, 6.07) is -0.716. The molecule has 0 rings (SSSR count). The molecular weight excluding hydrogens is 683 g/mol. The minimum Gasteiger partial charge on any atom is -0.462 e. The number of hydrogen-bond donors (Lipinski definition) is 3. The van der Waals surface area contributed by atoms with E-state index in [4.69, 9.17) is 4.74 Å². The first-order valence-electron chi connectivity index (χ1n) is 23.7. The average Bonchev–Trinajstić information content (AvgIpc) is 3.18. The van der Waals surface area contributed by atoms with Crippen molar-refractivity contribution in [3.63, 3.8) is 0 Å². The molecule has 0 saturated carbocycles. The fraction of sp³-hybridized carbons (Fsp3) is 0.837. The third-order valence-corrected chi connectivity index (χ3v) is 10.7. The van der Waals surface area contributed by atoms with Crippen LogP contribution in [0.3, 0.4) is 0 Å².